The zero-order valence-corrected chi connectivity index (χ0v) is 11.0. The number of anilines is 1. The second-order valence-electron chi connectivity index (χ2n) is 4.03. The van der Waals surface area contributed by atoms with E-state index in [0.29, 0.717) is 30.3 Å². The fourth-order valence-electron chi connectivity index (χ4n) is 1.58. The second-order valence-corrected chi connectivity index (χ2v) is 4.03. The Bertz CT molecular complexity index is 637. The van der Waals surface area contributed by atoms with Gasteiger partial charge in [0.15, 0.2) is 17.5 Å². The first-order chi connectivity index (χ1) is 10.0. The number of ether oxygens (including phenoxy) is 1. The van der Waals surface area contributed by atoms with Crippen LogP contribution in [0.1, 0.15) is 17.3 Å². The first-order valence-electron chi connectivity index (χ1n) is 6.06. The highest BCUT2D eigenvalue weighted by Gasteiger charge is 2.15. The first-order valence-corrected chi connectivity index (χ1v) is 6.06. The predicted molar refractivity (Wildman–Crippen MR) is 69.7 cm³/mol. The van der Waals surface area contributed by atoms with Crippen molar-refractivity contribution in [3.63, 3.8) is 0 Å². The molecule has 2 rings (SSSR count). The minimum absolute atomic E-state index is 0.314. The Hall–Kier alpha value is -2.57. The molecule has 0 saturated heterocycles. The van der Waals surface area contributed by atoms with Gasteiger partial charge in [-0.1, -0.05) is 0 Å². The Morgan fingerprint density at radius 1 is 1.24 bits per heavy atom. The molecule has 1 heterocycles. The Morgan fingerprint density at radius 2 is 1.90 bits per heavy atom. The summed E-state index contributed by atoms with van der Waals surface area (Å²) in [4.78, 5) is 15.7. The van der Waals surface area contributed by atoms with E-state index in [0.717, 1.165) is 0 Å². The van der Waals surface area contributed by atoms with Crippen molar-refractivity contribution in [1.29, 1.82) is 0 Å². The van der Waals surface area contributed by atoms with Crippen LogP contribution in [0.4, 0.5) is 18.9 Å². The quantitative estimate of drug-likeness (QED) is 0.882. The normalized spacial score (nSPS) is 10.3. The summed E-state index contributed by atoms with van der Waals surface area (Å²) < 4.78 is 44.0. The number of pyridine rings is 1. The van der Waals surface area contributed by atoms with Crippen molar-refractivity contribution < 1.29 is 22.7 Å². The average Bonchev–Trinajstić information content (AvgIpc) is 2.46. The molecule has 110 valence electrons. The van der Waals surface area contributed by atoms with Gasteiger partial charge in [-0.05, 0) is 25.1 Å². The maximum Gasteiger partial charge on any atom is 0.255 e. The van der Waals surface area contributed by atoms with Gasteiger partial charge in [0.2, 0.25) is 5.88 Å². The third-order valence-corrected chi connectivity index (χ3v) is 2.53. The minimum atomic E-state index is -1.62. The van der Waals surface area contributed by atoms with Gasteiger partial charge >= 0.3 is 0 Å². The Balaban J connectivity index is 2.14. The van der Waals surface area contributed by atoms with Crippen LogP contribution in [0.5, 0.6) is 5.88 Å². The number of rotatable bonds is 4. The molecule has 1 aromatic heterocycles. The van der Waals surface area contributed by atoms with Crippen molar-refractivity contribution in [2.75, 3.05) is 11.9 Å². The molecule has 0 saturated carbocycles. The number of nitrogens with zero attached hydrogens (tertiary/aromatic N) is 1. The van der Waals surface area contributed by atoms with Crippen LogP contribution in [0.25, 0.3) is 0 Å². The zero-order valence-electron chi connectivity index (χ0n) is 11.0. The molecule has 0 aliphatic carbocycles. The molecule has 2 aromatic rings. The molecule has 0 bridgehead atoms. The molecule has 1 amide bonds. The lowest BCUT2D eigenvalue weighted by Crippen LogP contribution is -2.13. The number of nitrogens with one attached hydrogen (secondary N) is 1. The van der Waals surface area contributed by atoms with Gasteiger partial charge < -0.3 is 10.1 Å². The van der Waals surface area contributed by atoms with E-state index in [-0.39, 0.29) is 5.56 Å². The third-order valence-electron chi connectivity index (χ3n) is 2.53. The molecule has 21 heavy (non-hydrogen) atoms. The Kier molecular flexibility index (Phi) is 4.42. The average molecular weight is 296 g/mol. The lowest BCUT2D eigenvalue weighted by molar-refractivity contribution is 0.102. The van der Waals surface area contributed by atoms with E-state index in [1.165, 1.54) is 18.3 Å². The predicted octanol–water partition coefficient (Wildman–Crippen LogP) is 3.15. The molecular weight excluding hydrogens is 285 g/mol. The lowest BCUT2D eigenvalue weighted by Gasteiger charge is -2.07. The molecule has 0 unspecified atom stereocenters. The highest BCUT2D eigenvalue weighted by Crippen LogP contribution is 2.16. The fraction of sp³-hybridized carbons (Fsp3) is 0.143. The standard InChI is InChI=1S/C14H11F3N2O2/c1-2-21-12-4-3-9(7-18-12)19-14(20)8-5-10(15)13(17)11(16)6-8/h3-7H,2H2,1H3,(H,19,20). The second kappa shape index (κ2) is 6.25. The van der Waals surface area contributed by atoms with Gasteiger partial charge in [0.05, 0.1) is 18.5 Å². The summed E-state index contributed by atoms with van der Waals surface area (Å²) in [7, 11) is 0. The van der Waals surface area contributed by atoms with E-state index in [1.54, 1.807) is 6.92 Å². The zero-order chi connectivity index (χ0) is 15.4. The number of carbonyl (C=O) groups is 1. The number of aromatic nitrogens is 1. The highest BCUT2D eigenvalue weighted by atomic mass is 19.2. The molecule has 7 heteroatoms. The summed E-state index contributed by atoms with van der Waals surface area (Å²) in [6.07, 6.45) is 1.33. The number of halogens is 3. The highest BCUT2D eigenvalue weighted by molar-refractivity contribution is 6.04. The summed E-state index contributed by atoms with van der Waals surface area (Å²) in [6, 6.07) is 4.29. The number of amides is 1. The van der Waals surface area contributed by atoms with E-state index >= 15 is 0 Å². The monoisotopic (exact) mass is 296 g/mol. The molecule has 0 aliphatic heterocycles. The largest absolute Gasteiger partial charge is 0.478 e. The van der Waals surface area contributed by atoms with Gasteiger partial charge in [-0.3, -0.25) is 4.79 Å². The molecule has 0 fully saturated rings. The van der Waals surface area contributed by atoms with Crippen molar-refractivity contribution in [3.8, 4) is 5.88 Å². The van der Waals surface area contributed by atoms with E-state index in [1.807, 2.05) is 0 Å². The Labute approximate surface area is 118 Å². The topological polar surface area (TPSA) is 51.2 Å². The van der Waals surface area contributed by atoms with Crippen LogP contribution in [0.15, 0.2) is 30.5 Å². The number of hydrogen-bond acceptors (Lipinski definition) is 3. The van der Waals surface area contributed by atoms with Crippen LogP contribution in [0, 0.1) is 17.5 Å². The summed E-state index contributed by atoms with van der Waals surface area (Å²) >= 11 is 0. The van der Waals surface area contributed by atoms with Crippen molar-refractivity contribution in [2.45, 2.75) is 6.92 Å². The number of hydrogen-bond donors (Lipinski definition) is 1. The van der Waals surface area contributed by atoms with Crippen LogP contribution >= 0.6 is 0 Å². The van der Waals surface area contributed by atoms with Gasteiger partial charge in [-0.15, -0.1) is 0 Å². The summed E-state index contributed by atoms with van der Waals surface area (Å²) in [6.45, 7) is 2.25. The van der Waals surface area contributed by atoms with Crippen LogP contribution in [-0.2, 0) is 0 Å². The number of benzene rings is 1. The summed E-state index contributed by atoms with van der Waals surface area (Å²) in [5.41, 5.74) is -0.0196. The summed E-state index contributed by atoms with van der Waals surface area (Å²) in [5, 5.41) is 2.39. The molecule has 1 aromatic carbocycles. The maximum atomic E-state index is 13.1. The van der Waals surface area contributed by atoms with Gasteiger partial charge in [0.25, 0.3) is 5.91 Å². The molecule has 0 radical (unpaired) electrons. The van der Waals surface area contributed by atoms with Crippen molar-refractivity contribution in [3.05, 3.63) is 53.5 Å². The van der Waals surface area contributed by atoms with E-state index < -0.39 is 23.4 Å². The SMILES string of the molecule is CCOc1ccc(NC(=O)c2cc(F)c(F)c(F)c2)cn1. The number of carbonyl (C=O) groups excluding carboxylic acids is 1. The molecule has 0 spiro atoms. The van der Waals surface area contributed by atoms with Crippen LogP contribution in [-0.4, -0.2) is 17.5 Å². The molecule has 0 aliphatic rings. The van der Waals surface area contributed by atoms with E-state index in [4.69, 9.17) is 4.74 Å². The van der Waals surface area contributed by atoms with Gasteiger partial charge in [-0.2, -0.15) is 0 Å². The lowest BCUT2D eigenvalue weighted by atomic mass is 10.2. The smallest absolute Gasteiger partial charge is 0.255 e. The van der Waals surface area contributed by atoms with Crippen LogP contribution in [0.2, 0.25) is 0 Å². The molecule has 4 nitrogen and oxygen atoms in total. The van der Waals surface area contributed by atoms with Crippen LogP contribution < -0.4 is 10.1 Å². The first kappa shape index (κ1) is 14.8. The molecular formula is C14H11F3N2O2. The Morgan fingerprint density at radius 3 is 2.43 bits per heavy atom. The van der Waals surface area contributed by atoms with Gasteiger partial charge in [0, 0.05) is 11.6 Å². The molecule has 0 atom stereocenters. The van der Waals surface area contributed by atoms with Gasteiger partial charge in [0.1, 0.15) is 0 Å². The van der Waals surface area contributed by atoms with Gasteiger partial charge in [-0.25, -0.2) is 18.2 Å². The third kappa shape index (κ3) is 3.50. The summed E-state index contributed by atoms with van der Waals surface area (Å²) in [5.74, 6) is -4.86. The minimum Gasteiger partial charge on any atom is -0.478 e. The van der Waals surface area contributed by atoms with E-state index in [9.17, 15) is 18.0 Å². The van der Waals surface area contributed by atoms with Crippen LogP contribution in [0.3, 0.4) is 0 Å². The van der Waals surface area contributed by atoms with E-state index in [2.05, 4.69) is 10.3 Å². The van der Waals surface area contributed by atoms with Crippen molar-refractivity contribution in [1.82, 2.24) is 4.98 Å². The molecule has 1 N–H and O–H groups in total. The van der Waals surface area contributed by atoms with Crippen molar-refractivity contribution >= 4 is 11.6 Å². The maximum absolute atomic E-state index is 13.1. The van der Waals surface area contributed by atoms with Crippen molar-refractivity contribution in [2.24, 2.45) is 0 Å². The fourth-order valence-corrected chi connectivity index (χ4v) is 1.58.